The van der Waals surface area contributed by atoms with E-state index in [0.29, 0.717) is 12.3 Å². The van der Waals surface area contributed by atoms with Crippen LogP contribution in [0.5, 0.6) is 5.88 Å². The highest BCUT2D eigenvalue weighted by molar-refractivity contribution is 5.75. The molecule has 1 aliphatic rings. The smallest absolute Gasteiger partial charge is 0.253 e. The number of nitrogens with zero attached hydrogens (tertiary/aromatic N) is 2. The lowest BCUT2D eigenvalue weighted by Gasteiger charge is -2.32. The highest BCUT2D eigenvalue weighted by atomic mass is 16.7. The quantitative estimate of drug-likeness (QED) is 0.846. The van der Waals surface area contributed by atoms with Gasteiger partial charge < -0.3 is 4.84 Å². The molecule has 0 radical (unpaired) electrons. The number of nitrogens with one attached hydrogen (secondary N) is 1. The second-order valence-electron chi connectivity index (χ2n) is 7.05. The summed E-state index contributed by atoms with van der Waals surface area (Å²) in [5, 5.41) is 4.43. The van der Waals surface area contributed by atoms with Gasteiger partial charge >= 0.3 is 0 Å². The van der Waals surface area contributed by atoms with E-state index in [9.17, 15) is 4.79 Å². The van der Waals surface area contributed by atoms with Crippen molar-refractivity contribution in [3.05, 3.63) is 42.1 Å². The molecule has 1 heterocycles. The van der Waals surface area contributed by atoms with E-state index in [1.807, 2.05) is 43.3 Å². The van der Waals surface area contributed by atoms with E-state index in [0.717, 1.165) is 24.2 Å². The number of aromatic nitrogens is 2. The SMILES string of the molecule is Cc1cc(ONC(=O)CC2(C)CCCCC2)n(-c2ccccc2)n1. The zero-order chi connectivity index (χ0) is 17.0. The number of amides is 1. The Labute approximate surface area is 143 Å². The first-order valence-corrected chi connectivity index (χ1v) is 8.64. The molecule has 3 rings (SSSR count). The van der Waals surface area contributed by atoms with Crippen LogP contribution >= 0.6 is 0 Å². The number of hydrogen-bond donors (Lipinski definition) is 1. The number of aryl methyl sites for hydroxylation is 1. The first kappa shape index (κ1) is 16.6. The Kier molecular flexibility index (Phi) is 4.88. The number of hydrogen-bond acceptors (Lipinski definition) is 3. The summed E-state index contributed by atoms with van der Waals surface area (Å²) in [5.74, 6) is 0.443. The van der Waals surface area contributed by atoms with Crippen LogP contribution in [-0.4, -0.2) is 15.7 Å². The predicted octanol–water partition coefficient (Wildman–Crippen LogP) is 3.95. The van der Waals surface area contributed by atoms with Gasteiger partial charge in [0, 0.05) is 12.5 Å². The fourth-order valence-corrected chi connectivity index (χ4v) is 3.42. The third-order valence-corrected chi connectivity index (χ3v) is 4.72. The molecular formula is C19H25N3O2. The Bertz CT molecular complexity index is 688. The molecule has 1 aromatic carbocycles. The zero-order valence-corrected chi connectivity index (χ0v) is 14.4. The van der Waals surface area contributed by atoms with Crippen LogP contribution in [0, 0.1) is 12.3 Å². The van der Waals surface area contributed by atoms with Gasteiger partial charge in [-0.05, 0) is 37.3 Å². The van der Waals surface area contributed by atoms with Crippen LogP contribution in [0.25, 0.3) is 5.69 Å². The Morgan fingerprint density at radius 3 is 2.67 bits per heavy atom. The molecule has 0 unspecified atom stereocenters. The summed E-state index contributed by atoms with van der Waals surface area (Å²) in [6.45, 7) is 4.10. The minimum atomic E-state index is -0.0714. The summed E-state index contributed by atoms with van der Waals surface area (Å²) < 4.78 is 1.69. The van der Waals surface area contributed by atoms with Gasteiger partial charge in [0.1, 0.15) is 0 Å². The van der Waals surface area contributed by atoms with Crippen molar-refractivity contribution < 1.29 is 9.63 Å². The minimum Gasteiger partial charge on any atom is -0.359 e. The number of benzene rings is 1. The van der Waals surface area contributed by atoms with Gasteiger partial charge in [0.25, 0.3) is 5.91 Å². The first-order valence-electron chi connectivity index (χ1n) is 8.64. The normalized spacial score (nSPS) is 16.6. The number of hydroxylamine groups is 1. The van der Waals surface area contributed by atoms with E-state index in [4.69, 9.17) is 4.84 Å². The molecular weight excluding hydrogens is 302 g/mol. The van der Waals surface area contributed by atoms with Crippen LogP contribution in [0.3, 0.4) is 0 Å². The maximum atomic E-state index is 12.3. The molecule has 1 aromatic heterocycles. The molecule has 1 amide bonds. The summed E-state index contributed by atoms with van der Waals surface area (Å²) in [6, 6.07) is 11.5. The highest BCUT2D eigenvalue weighted by Crippen LogP contribution is 2.38. The van der Waals surface area contributed by atoms with Crippen LogP contribution in [0.2, 0.25) is 0 Å². The molecule has 5 heteroatoms. The Balaban J connectivity index is 1.63. The van der Waals surface area contributed by atoms with Crippen molar-refractivity contribution in [3.63, 3.8) is 0 Å². The zero-order valence-electron chi connectivity index (χ0n) is 14.4. The van der Waals surface area contributed by atoms with E-state index in [-0.39, 0.29) is 11.3 Å². The standard InChI is InChI=1S/C19H25N3O2/c1-15-13-18(22(20-15)16-9-5-3-6-10-16)24-21-17(23)14-19(2)11-7-4-8-12-19/h3,5-6,9-10,13H,4,7-8,11-12,14H2,1-2H3,(H,21,23). The molecule has 0 aliphatic heterocycles. The van der Waals surface area contributed by atoms with E-state index < -0.39 is 0 Å². The van der Waals surface area contributed by atoms with Gasteiger partial charge in [-0.25, -0.2) is 0 Å². The third kappa shape index (κ3) is 3.96. The summed E-state index contributed by atoms with van der Waals surface area (Å²) in [7, 11) is 0. The summed E-state index contributed by atoms with van der Waals surface area (Å²) in [5.41, 5.74) is 4.43. The molecule has 24 heavy (non-hydrogen) atoms. The largest absolute Gasteiger partial charge is 0.359 e. The maximum absolute atomic E-state index is 12.3. The van der Waals surface area contributed by atoms with E-state index >= 15 is 0 Å². The molecule has 1 N–H and O–H groups in total. The van der Waals surface area contributed by atoms with Gasteiger partial charge in [0.15, 0.2) is 0 Å². The van der Waals surface area contributed by atoms with E-state index in [2.05, 4.69) is 17.5 Å². The third-order valence-electron chi connectivity index (χ3n) is 4.72. The highest BCUT2D eigenvalue weighted by Gasteiger charge is 2.29. The molecule has 0 bridgehead atoms. The van der Waals surface area contributed by atoms with Crippen molar-refractivity contribution in [1.29, 1.82) is 0 Å². The Morgan fingerprint density at radius 2 is 1.96 bits per heavy atom. The average Bonchev–Trinajstić information content (AvgIpc) is 2.95. The van der Waals surface area contributed by atoms with Crippen LogP contribution in [0.4, 0.5) is 0 Å². The molecule has 128 valence electrons. The molecule has 5 nitrogen and oxygen atoms in total. The lowest BCUT2D eigenvalue weighted by Crippen LogP contribution is -2.34. The summed E-state index contributed by atoms with van der Waals surface area (Å²) in [6.07, 6.45) is 6.44. The van der Waals surface area contributed by atoms with Crippen molar-refractivity contribution in [2.24, 2.45) is 5.41 Å². The number of carbonyl (C=O) groups excluding carboxylic acids is 1. The van der Waals surface area contributed by atoms with Crippen molar-refractivity contribution in [1.82, 2.24) is 15.3 Å². The molecule has 2 aromatic rings. The fourth-order valence-electron chi connectivity index (χ4n) is 3.42. The Morgan fingerprint density at radius 1 is 1.25 bits per heavy atom. The minimum absolute atomic E-state index is 0.0714. The molecule has 1 saturated carbocycles. The first-order chi connectivity index (χ1) is 11.6. The lowest BCUT2D eigenvalue weighted by atomic mass is 9.73. The second-order valence-corrected chi connectivity index (χ2v) is 7.05. The van der Waals surface area contributed by atoms with E-state index in [1.54, 1.807) is 4.68 Å². The van der Waals surface area contributed by atoms with Crippen LogP contribution in [0.15, 0.2) is 36.4 Å². The topological polar surface area (TPSA) is 56.1 Å². The summed E-state index contributed by atoms with van der Waals surface area (Å²) >= 11 is 0. The van der Waals surface area contributed by atoms with Crippen LogP contribution < -0.4 is 10.3 Å². The molecule has 0 saturated heterocycles. The number of para-hydroxylation sites is 1. The molecule has 0 atom stereocenters. The van der Waals surface area contributed by atoms with Gasteiger partial charge in [-0.2, -0.15) is 15.3 Å². The molecule has 1 fully saturated rings. The van der Waals surface area contributed by atoms with Gasteiger partial charge in [-0.1, -0.05) is 44.4 Å². The second kappa shape index (κ2) is 7.07. The van der Waals surface area contributed by atoms with Crippen molar-refractivity contribution in [2.45, 2.75) is 52.4 Å². The van der Waals surface area contributed by atoms with Crippen LogP contribution in [0.1, 0.15) is 51.1 Å². The monoisotopic (exact) mass is 327 g/mol. The van der Waals surface area contributed by atoms with Gasteiger partial charge in [0.05, 0.1) is 11.4 Å². The molecule has 0 spiro atoms. The average molecular weight is 327 g/mol. The van der Waals surface area contributed by atoms with Gasteiger partial charge in [-0.3, -0.25) is 4.79 Å². The van der Waals surface area contributed by atoms with Gasteiger partial charge in [0.2, 0.25) is 5.88 Å². The van der Waals surface area contributed by atoms with Crippen molar-refractivity contribution in [2.75, 3.05) is 0 Å². The molecule has 1 aliphatic carbocycles. The van der Waals surface area contributed by atoms with Crippen molar-refractivity contribution >= 4 is 5.91 Å². The Hall–Kier alpha value is -2.30. The van der Waals surface area contributed by atoms with E-state index in [1.165, 1.54) is 19.3 Å². The maximum Gasteiger partial charge on any atom is 0.253 e. The predicted molar refractivity (Wildman–Crippen MR) is 92.9 cm³/mol. The van der Waals surface area contributed by atoms with Crippen molar-refractivity contribution in [3.8, 4) is 11.6 Å². The summed E-state index contributed by atoms with van der Waals surface area (Å²) in [4.78, 5) is 17.8. The number of rotatable bonds is 5. The van der Waals surface area contributed by atoms with Crippen LogP contribution in [-0.2, 0) is 4.79 Å². The fraction of sp³-hybridized carbons (Fsp3) is 0.474. The number of carbonyl (C=O) groups is 1. The van der Waals surface area contributed by atoms with Gasteiger partial charge in [-0.15, -0.1) is 0 Å². The lowest BCUT2D eigenvalue weighted by molar-refractivity contribution is -0.130.